The second-order valence-corrected chi connectivity index (χ2v) is 14.1. The molecule has 6 aliphatic carbocycles. The van der Waals surface area contributed by atoms with E-state index in [4.69, 9.17) is 0 Å². The van der Waals surface area contributed by atoms with E-state index in [0.29, 0.717) is 18.0 Å². The Morgan fingerprint density at radius 1 is 0.710 bits per heavy atom. The predicted molar refractivity (Wildman–Crippen MR) is 120 cm³/mol. The Morgan fingerprint density at radius 3 is 1.55 bits per heavy atom. The summed E-state index contributed by atoms with van der Waals surface area (Å²) in [6.07, 6.45) is 8.70. The first kappa shape index (κ1) is 18.3. The third-order valence-corrected chi connectivity index (χ3v) is 12.8. The number of benzene rings is 1. The maximum atomic E-state index is 13.6. The highest BCUT2D eigenvalue weighted by Crippen LogP contribution is 2.75. The molecule has 1 heterocycles. The van der Waals surface area contributed by atoms with Gasteiger partial charge in [0.1, 0.15) is 0 Å². The number of nitrogens with zero attached hydrogens (tertiary/aromatic N) is 1. The molecule has 6 fully saturated rings. The van der Waals surface area contributed by atoms with Crippen LogP contribution in [0.25, 0.3) is 0 Å². The summed E-state index contributed by atoms with van der Waals surface area (Å²) >= 11 is 0. The van der Waals surface area contributed by atoms with Gasteiger partial charge in [0, 0.05) is 13.1 Å². The lowest BCUT2D eigenvalue weighted by atomic mass is 9.90. The van der Waals surface area contributed by atoms with Crippen molar-refractivity contribution in [2.75, 3.05) is 13.1 Å². The van der Waals surface area contributed by atoms with Crippen LogP contribution in [-0.2, 0) is 10.0 Å². The Kier molecular flexibility index (Phi) is 3.46. The van der Waals surface area contributed by atoms with E-state index in [1.807, 2.05) is 23.4 Å². The number of aryl methyl sites for hydroxylation is 1. The van der Waals surface area contributed by atoms with Crippen LogP contribution in [0.4, 0.5) is 0 Å². The first-order valence-corrected chi connectivity index (χ1v) is 14.2. The number of rotatable bonds is 4. The van der Waals surface area contributed by atoms with Crippen molar-refractivity contribution in [3.05, 3.63) is 41.0 Å². The molecule has 31 heavy (non-hydrogen) atoms. The minimum Gasteiger partial charge on any atom is -0.207 e. The van der Waals surface area contributed by atoms with Crippen LogP contribution in [0.2, 0.25) is 0 Å². The molecular weight excluding hydrogens is 402 g/mol. The van der Waals surface area contributed by atoms with Crippen LogP contribution < -0.4 is 0 Å². The van der Waals surface area contributed by atoms with Crippen LogP contribution in [-0.4, -0.2) is 25.8 Å². The van der Waals surface area contributed by atoms with Gasteiger partial charge in [0.05, 0.1) is 4.90 Å². The van der Waals surface area contributed by atoms with Crippen LogP contribution in [0.5, 0.6) is 0 Å². The maximum absolute atomic E-state index is 13.6. The SMILES string of the molecule is Cc1ccc(S(=O)(=O)N2CC(C3C4C3[C@H]3CC[C@@H]4C3)=C(C3C4C3[C@H]3CC[C@@H]4C3)C2)cc1. The van der Waals surface area contributed by atoms with Gasteiger partial charge in [-0.05, 0) is 117 Å². The van der Waals surface area contributed by atoms with Crippen LogP contribution in [0.15, 0.2) is 40.3 Å². The fourth-order valence-corrected chi connectivity index (χ4v) is 11.3. The Bertz CT molecular complexity index is 1020. The van der Waals surface area contributed by atoms with Gasteiger partial charge >= 0.3 is 0 Å². The van der Waals surface area contributed by atoms with Gasteiger partial charge < -0.3 is 0 Å². The third-order valence-electron chi connectivity index (χ3n) is 11.0. The van der Waals surface area contributed by atoms with Gasteiger partial charge in [-0.15, -0.1) is 0 Å². The second-order valence-electron chi connectivity index (χ2n) is 12.2. The largest absolute Gasteiger partial charge is 0.243 e. The third kappa shape index (κ3) is 2.32. The fourth-order valence-electron chi connectivity index (χ4n) is 9.89. The highest BCUT2D eigenvalue weighted by molar-refractivity contribution is 7.89. The first-order valence-electron chi connectivity index (χ1n) is 12.8. The Labute approximate surface area is 186 Å². The van der Waals surface area contributed by atoms with E-state index in [1.54, 1.807) is 23.3 Å². The van der Waals surface area contributed by atoms with Crippen molar-refractivity contribution in [1.29, 1.82) is 0 Å². The molecule has 6 unspecified atom stereocenters. The van der Waals surface area contributed by atoms with Gasteiger partial charge in [-0.25, -0.2) is 8.42 Å². The topological polar surface area (TPSA) is 37.4 Å². The molecule has 1 aromatic rings. The molecule has 6 saturated carbocycles. The van der Waals surface area contributed by atoms with E-state index in [0.717, 1.165) is 64.7 Å². The zero-order valence-electron chi connectivity index (χ0n) is 18.4. The molecule has 4 bridgehead atoms. The van der Waals surface area contributed by atoms with Crippen molar-refractivity contribution in [3.63, 3.8) is 0 Å². The van der Waals surface area contributed by atoms with E-state index in [-0.39, 0.29) is 0 Å². The summed E-state index contributed by atoms with van der Waals surface area (Å²) in [6, 6.07) is 7.48. The first-order chi connectivity index (χ1) is 15.0. The molecule has 3 nitrogen and oxygen atoms in total. The standard InChI is InChI=1S/C27H33NO2S/c1-14-2-8-19(9-3-14)31(29,30)28-12-20(26-22-15-4-5-16(10-15)23(22)26)21(13-28)27-24-17-6-7-18(11-17)25(24)27/h2-3,8-9,15-18,22-27H,4-7,10-13H2,1H3/t15-,16+,17-,18+,22?,23?,24?,25?,26?,27?. The zero-order chi connectivity index (χ0) is 20.6. The smallest absolute Gasteiger partial charge is 0.207 e. The monoisotopic (exact) mass is 435 g/mol. The van der Waals surface area contributed by atoms with Crippen molar-refractivity contribution in [2.45, 2.75) is 50.3 Å². The van der Waals surface area contributed by atoms with Gasteiger partial charge in [-0.2, -0.15) is 4.31 Å². The van der Waals surface area contributed by atoms with E-state index >= 15 is 0 Å². The average Bonchev–Trinajstić information content (AvgIpc) is 3.25. The molecule has 0 spiro atoms. The molecule has 8 rings (SSSR count). The van der Waals surface area contributed by atoms with Gasteiger partial charge in [0.2, 0.25) is 10.0 Å². The highest BCUT2D eigenvalue weighted by atomic mass is 32.2. The molecule has 7 aliphatic rings. The summed E-state index contributed by atoms with van der Waals surface area (Å²) in [6.45, 7) is 3.40. The van der Waals surface area contributed by atoms with Crippen LogP contribution >= 0.6 is 0 Å². The van der Waals surface area contributed by atoms with Crippen LogP contribution in [0.3, 0.4) is 0 Å². The molecule has 164 valence electrons. The molecule has 1 aliphatic heterocycles. The number of sulfonamides is 1. The normalized spacial score (nSPS) is 49.1. The lowest BCUT2D eigenvalue weighted by Crippen LogP contribution is -2.30. The summed E-state index contributed by atoms with van der Waals surface area (Å²) < 4.78 is 29.1. The highest BCUT2D eigenvalue weighted by Gasteiger charge is 2.70. The average molecular weight is 436 g/mol. The molecular formula is C27H33NO2S. The summed E-state index contributed by atoms with van der Waals surface area (Å²) in [5, 5.41) is 0. The molecule has 0 saturated heterocycles. The van der Waals surface area contributed by atoms with Crippen molar-refractivity contribution in [2.24, 2.45) is 59.2 Å². The van der Waals surface area contributed by atoms with E-state index in [2.05, 4.69) is 0 Å². The predicted octanol–water partition coefficient (Wildman–Crippen LogP) is 4.88. The second kappa shape index (κ2) is 5.86. The van der Waals surface area contributed by atoms with Crippen molar-refractivity contribution in [3.8, 4) is 0 Å². The minimum atomic E-state index is -3.41. The lowest BCUT2D eigenvalue weighted by molar-refractivity contribution is 0.454. The molecule has 0 amide bonds. The zero-order valence-corrected chi connectivity index (χ0v) is 19.2. The molecule has 0 N–H and O–H groups in total. The maximum Gasteiger partial charge on any atom is 0.243 e. The van der Waals surface area contributed by atoms with E-state index in [9.17, 15) is 8.42 Å². The van der Waals surface area contributed by atoms with Gasteiger partial charge in [0.25, 0.3) is 0 Å². The Hall–Kier alpha value is -1.13. The molecule has 4 heteroatoms. The van der Waals surface area contributed by atoms with E-state index in [1.165, 1.54) is 38.5 Å². The lowest BCUT2D eigenvalue weighted by Gasteiger charge is -2.18. The Balaban J connectivity index is 1.14. The quantitative estimate of drug-likeness (QED) is 0.632. The van der Waals surface area contributed by atoms with E-state index < -0.39 is 10.0 Å². The number of hydrogen-bond donors (Lipinski definition) is 0. The molecule has 10 atom stereocenters. The van der Waals surface area contributed by atoms with Crippen molar-refractivity contribution < 1.29 is 8.42 Å². The molecule has 0 radical (unpaired) electrons. The molecule has 1 aromatic carbocycles. The summed E-state index contributed by atoms with van der Waals surface area (Å²) in [7, 11) is -3.41. The number of hydrogen-bond acceptors (Lipinski definition) is 2. The summed E-state index contributed by atoms with van der Waals surface area (Å²) in [4.78, 5) is 0.478. The minimum absolute atomic E-state index is 0.478. The van der Waals surface area contributed by atoms with Gasteiger partial charge in [-0.1, -0.05) is 28.8 Å². The van der Waals surface area contributed by atoms with Crippen molar-refractivity contribution >= 4 is 10.0 Å². The summed E-state index contributed by atoms with van der Waals surface area (Å²) in [5.74, 6) is 8.89. The fraction of sp³-hybridized carbons (Fsp3) is 0.704. The van der Waals surface area contributed by atoms with Gasteiger partial charge in [0.15, 0.2) is 0 Å². The van der Waals surface area contributed by atoms with Crippen LogP contribution in [0.1, 0.15) is 44.1 Å². The molecule has 0 aromatic heterocycles. The van der Waals surface area contributed by atoms with Crippen LogP contribution in [0, 0.1) is 66.1 Å². The summed E-state index contributed by atoms with van der Waals surface area (Å²) in [5.41, 5.74) is 4.34. The number of fused-ring (bicyclic) bond motifs is 10. The van der Waals surface area contributed by atoms with Gasteiger partial charge in [-0.3, -0.25) is 0 Å². The van der Waals surface area contributed by atoms with Crippen molar-refractivity contribution in [1.82, 2.24) is 4.31 Å². The Morgan fingerprint density at radius 2 is 1.13 bits per heavy atom.